The van der Waals surface area contributed by atoms with E-state index in [-0.39, 0.29) is 184 Å². The zero-order valence-corrected chi connectivity index (χ0v) is 59.8. The smallest absolute Gasteiger partial charge is 0.326 e. The second-order valence-corrected chi connectivity index (χ2v) is 24.6. The fourth-order valence-corrected chi connectivity index (χ4v) is 9.75. The summed E-state index contributed by atoms with van der Waals surface area (Å²) in [7, 11) is 0. The van der Waals surface area contributed by atoms with Crippen molar-refractivity contribution in [2.45, 2.75) is 211 Å². The number of hydrogen-bond donors (Lipinski definition) is 25. The Labute approximate surface area is 595 Å². The van der Waals surface area contributed by atoms with E-state index in [0.29, 0.717) is 12.8 Å². The molecule has 0 radical (unpaired) electrons. The molecule has 0 unspecified atom stereocenters. The molecule has 0 spiro atoms. The first-order valence-corrected chi connectivity index (χ1v) is 34.1. The molecule has 0 aliphatic heterocycles. The minimum Gasteiger partial charge on any atom is -0.480 e. The number of carboxylic acids is 1. The summed E-state index contributed by atoms with van der Waals surface area (Å²) in [5.41, 5.74) is 83.7. The van der Waals surface area contributed by atoms with E-state index in [4.69, 9.17) is 86.0 Å². The minimum atomic E-state index is -1.50. The van der Waals surface area contributed by atoms with Gasteiger partial charge in [-0.3, -0.25) is 78.1 Å². The molecule has 0 saturated carbocycles. The molecule has 0 aliphatic rings. The summed E-state index contributed by atoms with van der Waals surface area (Å²) < 4.78 is 0. The van der Waals surface area contributed by atoms with E-state index in [1.54, 1.807) is 41.5 Å². The second kappa shape index (κ2) is 50.8. The van der Waals surface area contributed by atoms with Crippen LogP contribution in [0.15, 0.2) is 34.9 Å². The molecule has 0 heterocycles. The van der Waals surface area contributed by atoms with Crippen LogP contribution in [0, 0.1) is 17.8 Å². The largest absolute Gasteiger partial charge is 0.480 e. The van der Waals surface area contributed by atoms with E-state index < -0.39 is 137 Å². The van der Waals surface area contributed by atoms with Crippen molar-refractivity contribution in [1.82, 2.24) is 47.9 Å². The van der Waals surface area contributed by atoms with Gasteiger partial charge in [0.1, 0.15) is 54.4 Å². The van der Waals surface area contributed by atoms with Crippen LogP contribution in [0.2, 0.25) is 0 Å². The highest BCUT2D eigenvalue weighted by Gasteiger charge is 2.38. The highest BCUT2D eigenvalue weighted by atomic mass is 16.4. The van der Waals surface area contributed by atoms with E-state index in [0.717, 1.165) is 0 Å². The number of carbonyl (C=O) groups excluding carboxylic acids is 9. The molecule has 42 heteroatoms. The summed E-state index contributed by atoms with van der Waals surface area (Å²) in [4.78, 5) is 170. The number of amides is 9. The summed E-state index contributed by atoms with van der Waals surface area (Å²) >= 11 is 0. The van der Waals surface area contributed by atoms with Gasteiger partial charge in [0.25, 0.3) is 0 Å². The average molecular weight is 1450 g/mol. The predicted molar refractivity (Wildman–Crippen MR) is 391 cm³/mol. The standard InChI is InChI=1S/C60H119N31O11/c1-7-31(4)41(89-44(92)34(61)17-10-24-76-54(62)63)50(98)85-35(18-11-25-77-55(64)65)45(93)83-38(21-14-28-80-58(70)71)48(96)90-42(32(5)8-2)51(99)86-36(19-12-26-78-56(66)67)46(94)84-39(22-15-29-81-59(72)73)49(97)91-43(33(6)9-3)52(100)87-37(20-13-27-79-57(68)69)47(95)88-40(53(101)102)23-16-30-82-60(74)75/h31-43H,7-30,61H2,1-6H3,(H,83,93)(H,84,94)(H,85,98)(H,86,99)(H,87,100)(H,88,95)(H,89,92)(H,90,96)(H,91,97)(H,101,102)(H4,62,63,76)(H4,64,65,77)(H4,66,67,78)(H4,68,69,79)(H4,70,71,80)(H4,72,73,81)(H4,74,75,82)/t31-,32-,33-,34-,35-,36-,37-,38-,39-,40-,41-,42-,43-/m0/s1. The van der Waals surface area contributed by atoms with E-state index in [9.17, 15) is 53.1 Å². The maximum Gasteiger partial charge on any atom is 0.326 e. The quantitative estimate of drug-likeness (QED) is 0.0153. The lowest BCUT2D eigenvalue weighted by atomic mass is 9.96. The van der Waals surface area contributed by atoms with Crippen molar-refractivity contribution in [2.75, 3.05) is 45.8 Å². The van der Waals surface area contributed by atoms with Gasteiger partial charge in [0, 0.05) is 45.8 Å². The minimum absolute atomic E-state index is 0.0122. The SMILES string of the molecule is CC[C@H](C)[C@H](NC(=O)[C@H](CCCN=C(N)N)NC(=O)[C@H](CCCN=C(N)N)NC(=O)[C@@H](NC(=O)[C@H](CCCN=C(N)N)NC(=O)[C@H](CCCN=C(N)N)NC(=O)[C@@H](NC(=O)[C@@H](N)CCCN=C(N)N)[C@@H](C)CC)[C@@H](C)CC)C(=O)N[C@@H](CCCN=C(N)N)C(=O)N[C@@H](CCCN=C(N)N)C(=O)O. The first-order valence-electron chi connectivity index (χ1n) is 34.1. The molecule has 580 valence electrons. The number of carbonyl (C=O) groups is 10. The molecular weight excluding hydrogens is 1330 g/mol. The number of nitrogens with zero attached hydrogens (tertiary/aromatic N) is 7. The lowest BCUT2D eigenvalue weighted by Gasteiger charge is -2.30. The topological polar surface area (TPSA) is 776 Å². The van der Waals surface area contributed by atoms with Gasteiger partial charge in [-0.2, -0.15) is 0 Å². The number of nitrogens with one attached hydrogen (secondary N) is 9. The first-order chi connectivity index (χ1) is 48.0. The van der Waals surface area contributed by atoms with E-state index >= 15 is 0 Å². The van der Waals surface area contributed by atoms with Gasteiger partial charge in [-0.1, -0.05) is 60.8 Å². The number of rotatable bonds is 53. The third kappa shape index (κ3) is 40.0. The molecular formula is C60H119N31O11. The van der Waals surface area contributed by atoms with E-state index in [1.165, 1.54) is 0 Å². The summed E-state index contributed by atoms with van der Waals surface area (Å²) in [5.74, 6) is -12.4. The number of carboxylic acid groups (broad SMARTS) is 1. The summed E-state index contributed by atoms with van der Waals surface area (Å²) in [5, 5.41) is 34.1. The van der Waals surface area contributed by atoms with Gasteiger partial charge in [0.05, 0.1) is 6.04 Å². The van der Waals surface area contributed by atoms with Gasteiger partial charge < -0.3 is 139 Å². The van der Waals surface area contributed by atoms with Crippen LogP contribution in [-0.4, -0.2) is 212 Å². The zero-order chi connectivity index (χ0) is 77.6. The summed E-state index contributed by atoms with van der Waals surface area (Å²) in [6, 6.07) is -13.7. The first kappa shape index (κ1) is 91.5. The summed E-state index contributed by atoms with van der Waals surface area (Å²) in [6.45, 7) is 10.5. The van der Waals surface area contributed by atoms with Crippen molar-refractivity contribution in [1.29, 1.82) is 0 Å². The van der Waals surface area contributed by atoms with Gasteiger partial charge in [-0.25, -0.2) is 4.79 Å². The fraction of sp³-hybridized carbons (Fsp3) is 0.717. The molecule has 102 heavy (non-hydrogen) atoms. The third-order valence-corrected chi connectivity index (χ3v) is 16.1. The van der Waals surface area contributed by atoms with Crippen molar-refractivity contribution >= 4 is 101 Å². The molecule has 9 amide bonds. The van der Waals surface area contributed by atoms with Gasteiger partial charge in [-0.15, -0.1) is 0 Å². The van der Waals surface area contributed by atoms with Crippen LogP contribution in [0.4, 0.5) is 0 Å². The van der Waals surface area contributed by atoms with E-state index in [1.807, 2.05) is 0 Å². The normalized spacial score (nSPS) is 14.7. The maximum atomic E-state index is 14.9. The molecule has 13 atom stereocenters. The van der Waals surface area contributed by atoms with Crippen LogP contribution >= 0.6 is 0 Å². The molecule has 0 saturated heterocycles. The van der Waals surface area contributed by atoms with E-state index in [2.05, 4.69) is 82.8 Å². The Morgan fingerprint density at radius 3 is 0.657 bits per heavy atom. The number of guanidine groups is 7. The molecule has 42 nitrogen and oxygen atoms in total. The number of aliphatic carboxylic acids is 1. The number of hydrogen-bond acceptors (Lipinski definition) is 18. The predicted octanol–water partition coefficient (Wildman–Crippen LogP) is -8.72. The molecule has 0 aromatic rings. The highest BCUT2D eigenvalue weighted by molar-refractivity contribution is 5.99. The van der Waals surface area contributed by atoms with Crippen molar-refractivity contribution in [3.8, 4) is 0 Å². The van der Waals surface area contributed by atoms with Gasteiger partial charge in [0.2, 0.25) is 53.2 Å². The van der Waals surface area contributed by atoms with Gasteiger partial charge >= 0.3 is 5.97 Å². The maximum absolute atomic E-state index is 14.9. The van der Waals surface area contributed by atoms with Crippen LogP contribution in [0.5, 0.6) is 0 Å². The van der Waals surface area contributed by atoms with Crippen LogP contribution in [0.1, 0.15) is 151 Å². The van der Waals surface area contributed by atoms with Crippen LogP contribution < -0.4 is 134 Å². The zero-order valence-electron chi connectivity index (χ0n) is 59.8. The molecule has 0 fully saturated rings. The van der Waals surface area contributed by atoms with Crippen molar-refractivity contribution in [3.05, 3.63) is 0 Å². The van der Waals surface area contributed by atoms with Crippen molar-refractivity contribution < 1.29 is 53.1 Å². The Balaban J connectivity index is 7.60. The van der Waals surface area contributed by atoms with Gasteiger partial charge in [0.15, 0.2) is 41.7 Å². The number of aliphatic imine (C=N–C) groups is 7. The monoisotopic (exact) mass is 1450 g/mol. The lowest BCUT2D eigenvalue weighted by molar-refractivity contribution is -0.142. The van der Waals surface area contributed by atoms with Crippen LogP contribution in [-0.2, 0) is 47.9 Å². The van der Waals surface area contributed by atoms with Crippen LogP contribution in [0.25, 0.3) is 0 Å². The summed E-state index contributed by atoms with van der Waals surface area (Å²) in [6.07, 6.45) is 1.33. The second-order valence-electron chi connectivity index (χ2n) is 24.6. The lowest BCUT2D eigenvalue weighted by Crippen LogP contribution is -2.62. The van der Waals surface area contributed by atoms with Crippen LogP contribution in [0.3, 0.4) is 0 Å². The van der Waals surface area contributed by atoms with Gasteiger partial charge in [-0.05, 0) is 108 Å². The molecule has 0 aromatic carbocycles. The Hall–Kier alpha value is -10.4. The molecule has 0 bridgehead atoms. The molecule has 40 N–H and O–H groups in total. The Morgan fingerprint density at radius 1 is 0.275 bits per heavy atom. The Bertz CT molecular complexity index is 2870. The average Bonchev–Trinajstić information content (AvgIpc) is 0.857. The fourth-order valence-electron chi connectivity index (χ4n) is 9.75. The third-order valence-electron chi connectivity index (χ3n) is 16.1. The molecule has 0 rings (SSSR count). The number of nitrogens with two attached hydrogens (primary N) is 15. The highest BCUT2D eigenvalue weighted by Crippen LogP contribution is 2.16. The van der Waals surface area contributed by atoms with Crippen molar-refractivity contribution in [3.63, 3.8) is 0 Å². The van der Waals surface area contributed by atoms with Crippen molar-refractivity contribution in [2.24, 2.45) is 139 Å². The Morgan fingerprint density at radius 2 is 0.451 bits per heavy atom. The Kier molecular flexibility index (Phi) is 45.6. The molecule has 0 aliphatic carbocycles. The molecule has 0 aromatic heterocycles.